The molecule has 0 saturated heterocycles. The fraction of sp³-hybridized carbons (Fsp3) is 0.154. The Bertz CT molecular complexity index is 527. The van der Waals surface area contributed by atoms with E-state index in [1.54, 1.807) is 12.1 Å². The molecule has 1 aromatic heterocycles. The fourth-order valence-electron chi connectivity index (χ4n) is 1.29. The zero-order valence-electron chi connectivity index (χ0n) is 10.3. The van der Waals surface area contributed by atoms with E-state index in [4.69, 9.17) is 10.8 Å². The van der Waals surface area contributed by atoms with Crippen LogP contribution in [0.25, 0.3) is 11.4 Å². The number of anilines is 1. The van der Waals surface area contributed by atoms with Gasteiger partial charge in [0.15, 0.2) is 11.5 Å². The van der Waals surface area contributed by atoms with Crippen molar-refractivity contribution in [2.24, 2.45) is 0 Å². The predicted molar refractivity (Wildman–Crippen MR) is 70.2 cm³/mol. The van der Waals surface area contributed by atoms with Gasteiger partial charge >= 0.3 is 5.97 Å². The average Bonchev–Trinajstić information content (AvgIpc) is 2.42. The van der Waals surface area contributed by atoms with Gasteiger partial charge < -0.3 is 10.8 Å². The third-order valence-electron chi connectivity index (χ3n) is 2.05. The van der Waals surface area contributed by atoms with Gasteiger partial charge in [0.2, 0.25) is 0 Å². The van der Waals surface area contributed by atoms with Crippen LogP contribution in [-0.2, 0) is 0 Å². The number of carbonyl (C=O) groups is 1. The van der Waals surface area contributed by atoms with Crippen LogP contribution in [0.4, 0.5) is 5.69 Å². The largest absolute Gasteiger partial charge is 0.476 e. The maximum Gasteiger partial charge on any atom is 0.356 e. The first-order valence-electron chi connectivity index (χ1n) is 5.59. The summed E-state index contributed by atoms with van der Waals surface area (Å²) in [6.45, 7) is 4.00. The Hall–Kier alpha value is -2.43. The third-order valence-corrected chi connectivity index (χ3v) is 2.05. The Kier molecular flexibility index (Phi) is 4.80. The minimum atomic E-state index is -1.16. The molecule has 0 fully saturated rings. The lowest BCUT2D eigenvalue weighted by molar-refractivity contribution is 0.0691. The molecule has 1 heterocycles. The highest BCUT2D eigenvalue weighted by molar-refractivity contribution is 5.91. The van der Waals surface area contributed by atoms with Crippen molar-refractivity contribution in [2.45, 2.75) is 13.8 Å². The molecule has 0 amide bonds. The summed E-state index contributed by atoms with van der Waals surface area (Å²) >= 11 is 0. The molecule has 0 aliphatic heterocycles. The van der Waals surface area contributed by atoms with Crippen LogP contribution in [0.3, 0.4) is 0 Å². The number of hydrogen-bond donors (Lipinski definition) is 2. The number of rotatable bonds is 2. The lowest BCUT2D eigenvalue weighted by atomic mass is 10.2. The molecule has 5 nitrogen and oxygen atoms in total. The summed E-state index contributed by atoms with van der Waals surface area (Å²) in [7, 11) is 0. The number of nitrogens with zero attached hydrogens (tertiary/aromatic N) is 2. The predicted octanol–water partition coefficient (Wildman–Crippen LogP) is 2.45. The molecule has 1 aromatic carbocycles. The molecule has 5 heteroatoms. The summed E-state index contributed by atoms with van der Waals surface area (Å²) in [5, 5.41) is 8.87. The number of carboxylic acid groups (broad SMARTS) is 1. The van der Waals surface area contributed by atoms with Crippen LogP contribution in [0.5, 0.6) is 0 Å². The summed E-state index contributed by atoms with van der Waals surface area (Å²) in [4.78, 5) is 18.7. The van der Waals surface area contributed by atoms with Crippen LogP contribution < -0.4 is 5.73 Å². The number of nitrogen functional groups attached to an aromatic ring is 1. The topological polar surface area (TPSA) is 89.1 Å². The number of aromatic carboxylic acids is 1. The Morgan fingerprint density at radius 1 is 1.22 bits per heavy atom. The minimum absolute atomic E-state index is 0.0622. The van der Waals surface area contributed by atoms with E-state index < -0.39 is 5.97 Å². The molecule has 2 aromatic rings. The van der Waals surface area contributed by atoms with Gasteiger partial charge in [0, 0.05) is 5.56 Å². The second-order valence-electron chi connectivity index (χ2n) is 3.17. The average molecular weight is 245 g/mol. The van der Waals surface area contributed by atoms with Gasteiger partial charge in [0.25, 0.3) is 0 Å². The van der Waals surface area contributed by atoms with E-state index in [1.807, 2.05) is 32.0 Å². The SMILES string of the molecule is CC.Nc1cnc(-c2ccccc2)nc1C(=O)O. The summed E-state index contributed by atoms with van der Waals surface area (Å²) in [5.74, 6) is -0.802. The van der Waals surface area contributed by atoms with E-state index >= 15 is 0 Å². The van der Waals surface area contributed by atoms with E-state index in [0.29, 0.717) is 5.82 Å². The van der Waals surface area contributed by atoms with Crippen molar-refractivity contribution in [1.82, 2.24) is 9.97 Å². The van der Waals surface area contributed by atoms with Gasteiger partial charge in [-0.25, -0.2) is 14.8 Å². The van der Waals surface area contributed by atoms with E-state index in [-0.39, 0.29) is 11.4 Å². The van der Waals surface area contributed by atoms with Crippen LogP contribution in [0.1, 0.15) is 24.3 Å². The molecule has 0 aliphatic carbocycles. The standard InChI is InChI=1S/C11H9N3O2.C2H6/c12-8-6-13-10(14-9(8)11(15)16)7-4-2-1-3-5-7;1-2/h1-6H,12H2,(H,15,16);1-2H3. The maximum atomic E-state index is 10.8. The highest BCUT2D eigenvalue weighted by Gasteiger charge is 2.12. The highest BCUT2D eigenvalue weighted by Crippen LogP contribution is 2.16. The molecule has 2 rings (SSSR count). The van der Waals surface area contributed by atoms with Gasteiger partial charge in [-0.15, -0.1) is 0 Å². The van der Waals surface area contributed by atoms with E-state index in [9.17, 15) is 4.79 Å². The van der Waals surface area contributed by atoms with Gasteiger partial charge in [0.05, 0.1) is 11.9 Å². The quantitative estimate of drug-likeness (QED) is 0.848. The first-order chi connectivity index (χ1) is 8.68. The molecule has 0 saturated carbocycles. The summed E-state index contributed by atoms with van der Waals surface area (Å²) < 4.78 is 0. The number of nitrogens with two attached hydrogens (primary N) is 1. The second-order valence-corrected chi connectivity index (χ2v) is 3.17. The molecule has 3 N–H and O–H groups in total. The van der Waals surface area contributed by atoms with Gasteiger partial charge in [-0.2, -0.15) is 0 Å². The molecule has 0 bridgehead atoms. The Morgan fingerprint density at radius 2 is 1.83 bits per heavy atom. The normalized spacial score (nSPS) is 9.22. The van der Waals surface area contributed by atoms with Gasteiger partial charge in [-0.05, 0) is 0 Å². The van der Waals surface area contributed by atoms with Crippen molar-refractivity contribution in [1.29, 1.82) is 0 Å². The van der Waals surface area contributed by atoms with Gasteiger partial charge in [-0.1, -0.05) is 44.2 Å². The first kappa shape index (κ1) is 13.6. The van der Waals surface area contributed by atoms with E-state index in [2.05, 4.69) is 9.97 Å². The molecule has 0 atom stereocenters. The van der Waals surface area contributed by atoms with Crippen molar-refractivity contribution in [3.8, 4) is 11.4 Å². The molecular formula is C13H15N3O2. The zero-order valence-corrected chi connectivity index (χ0v) is 10.3. The van der Waals surface area contributed by atoms with Crippen molar-refractivity contribution in [3.05, 3.63) is 42.2 Å². The maximum absolute atomic E-state index is 10.8. The number of carboxylic acids is 1. The number of aromatic nitrogens is 2. The fourth-order valence-corrected chi connectivity index (χ4v) is 1.29. The van der Waals surface area contributed by atoms with Crippen LogP contribution in [0, 0.1) is 0 Å². The van der Waals surface area contributed by atoms with Gasteiger partial charge in [0.1, 0.15) is 0 Å². The molecule has 0 radical (unpaired) electrons. The summed E-state index contributed by atoms with van der Waals surface area (Å²) in [5.41, 5.74) is 6.11. The third kappa shape index (κ3) is 3.04. The van der Waals surface area contributed by atoms with Crippen molar-refractivity contribution >= 4 is 11.7 Å². The second kappa shape index (κ2) is 6.34. The molecule has 0 unspecified atom stereocenters. The lowest BCUT2D eigenvalue weighted by Crippen LogP contribution is -2.07. The monoisotopic (exact) mass is 245 g/mol. The van der Waals surface area contributed by atoms with Crippen LogP contribution >= 0.6 is 0 Å². The van der Waals surface area contributed by atoms with Crippen molar-refractivity contribution in [3.63, 3.8) is 0 Å². The molecule has 94 valence electrons. The van der Waals surface area contributed by atoms with Crippen molar-refractivity contribution in [2.75, 3.05) is 5.73 Å². The lowest BCUT2D eigenvalue weighted by Gasteiger charge is -2.03. The first-order valence-corrected chi connectivity index (χ1v) is 5.59. The zero-order chi connectivity index (χ0) is 13.5. The Balaban J connectivity index is 0.000000771. The summed E-state index contributed by atoms with van der Waals surface area (Å²) in [6.07, 6.45) is 1.30. The smallest absolute Gasteiger partial charge is 0.356 e. The Labute approximate surface area is 105 Å². The number of hydrogen-bond acceptors (Lipinski definition) is 4. The molecule has 18 heavy (non-hydrogen) atoms. The Morgan fingerprint density at radius 3 is 2.39 bits per heavy atom. The van der Waals surface area contributed by atoms with Crippen LogP contribution in [0.2, 0.25) is 0 Å². The van der Waals surface area contributed by atoms with Crippen LogP contribution in [-0.4, -0.2) is 21.0 Å². The van der Waals surface area contributed by atoms with Gasteiger partial charge in [-0.3, -0.25) is 0 Å². The molecule has 0 aliphatic rings. The van der Waals surface area contributed by atoms with Crippen LogP contribution in [0.15, 0.2) is 36.5 Å². The molecule has 0 spiro atoms. The van der Waals surface area contributed by atoms with E-state index in [1.165, 1.54) is 6.20 Å². The molecular weight excluding hydrogens is 230 g/mol. The number of benzene rings is 1. The van der Waals surface area contributed by atoms with Crippen molar-refractivity contribution < 1.29 is 9.90 Å². The summed E-state index contributed by atoms with van der Waals surface area (Å²) in [6, 6.07) is 9.12. The van der Waals surface area contributed by atoms with E-state index in [0.717, 1.165) is 5.56 Å². The highest BCUT2D eigenvalue weighted by atomic mass is 16.4. The minimum Gasteiger partial charge on any atom is -0.476 e.